The van der Waals surface area contributed by atoms with Gasteiger partial charge in [0.2, 0.25) is 10.0 Å². The average molecular weight is 358 g/mol. The van der Waals surface area contributed by atoms with Gasteiger partial charge >= 0.3 is 0 Å². The molecule has 1 aromatic carbocycles. The molecule has 2 aromatic heterocycles. The molecule has 7 heteroatoms. The van der Waals surface area contributed by atoms with Crippen molar-refractivity contribution in [2.75, 3.05) is 7.11 Å². The molecule has 0 aliphatic carbocycles. The van der Waals surface area contributed by atoms with E-state index >= 15 is 0 Å². The van der Waals surface area contributed by atoms with Crippen molar-refractivity contribution in [2.45, 2.75) is 18.4 Å². The van der Waals surface area contributed by atoms with E-state index in [2.05, 4.69) is 9.71 Å². The predicted molar refractivity (Wildman–Crippen MR) is 93.7 cm³/mol. The number of hydrogen-bond acceptors (Lipinski definition) is 5. The molecule has 0 bridgehead atoms. The number of methoxy groups -OCH3 is 1. The summed E-state index contributed by atoms with van der Waals surface area (Å²) < 4.78 is 38.3. The van der Waals surface area contributed by atoms with Gasteiger partial charge in [0, 0.05) is 24.5 Å². The van der Waals surface area contributed by atoms with Crippen LogP contribution in [0.1, 0.15) is 11.1 Å². The smallest absolute Gasteiger partial charge is 0.244 e. The highest BCUT2D eigenvalue weighted by molar-refractivity contribution is 7.89. The van der Waals surface area contributed by atoms with Crippen LogP contribution in [0.25, 0.3) is 11.3 Å². The number of aryl methyl sites for hydroxylation is 1. The van der Waals surface area contributed by atoms with Gasteiger partial charge < -0.3 is 9.15 Å². The zero-order valence-corrected chi connectivity index (χ0v) is 14.7. The third kappa shape index (κ3) is 3.89. The SMILES string of the molecule is COc1ccc(C)cc1S(=O)(=O)NCc1cncc(-c2ccco2)c1. The van der Waals surface area contributed by atoms with Gasteiger partial charge in [-0.2, -0.15) is 0 Å². The van der Waals surface area contributed by atoms with Gasteiger partial charge in [-0.3, -0.25) is 4.98 Å². The lowest BCUT2D eigenvalue weighted by Gasteiger charge is -2.11. The van der Waals surface area contributed by atoms with E-state index < -0.39 is 10.0 Å². The first-order chi connectivity index (χ1) is 12.0. The van der Waals surface area contributed by atoms with Crippen molar-refractivity contribution in [3.8, 4) is 17.1 Å². The summed E-state index contributed by atoms with van der Waals surface area (Å²) in [5.41, 5.74) is 2.35. The van der Waals surface area contributed by atoms with Crippen LogP contribution in [0.5, 0.6) is 5.75 Å². The summed E-state index contributed by atoms with van der Waals surface area (Å²) in [5, 5.41) is 0. The predicted octanol–water partition coefficient (Wildman–Crippen LogP) is 3.14. The van der Waals surface area contributed by atoms with E-state index in [1.54, 1.807) is 42.9 Å². The molecular formula is C18H18N2O4S. The van der Waals surface area contributed by atoms with E-state index in [9.17, 15) is 8.42 Å². The zero-order valence-electron chi connectivity index (χ0n) is 13.9. The molecule has 0 saturated carbocycles. The summed E-state index contributed by atoms with van der Waals surface area (Å²) >= 11 is 0. The number of nitrogens with one attached hydrogen (secondary N) is 1. The molecule has 130 valence electrons. The lowest BCUT2D eigenvalue weighted by Crippen LogP contribution is -2.24. The number of hydrogen-bond donors (Lipinski definition) is 1. The molecule has 25 heavy (non-hydrogen) atoms. The highest BCUT2D eigenvalue weighted by Crippen LogP contribution is 2.25. The maximum atomic E-state index is 12.6. The molecule has 0 saturated heterocycles. The first kappa shape index (κ1) is 17.2. The van der Waals surface area contributed by atoms with Crippen molar-refractivity contribution < 1.29 is 17.6 Å². The summed E-state index contributed by atoms with van der Waals surface area (Å²) in [5.74, 6) is 0.984. The minimum absolute atomic E-state index is 0.112. The second-order valence-electron chi connectivity index (χ2n) is 5.54. The van der Waals surface area contributed by atoms with Crippen molar-refractivity contribution in [1.29, 1.82) is 0 Å². The molecule has 0 fully saturated rings. The number of benzene rings is 1. The molecule has 0 spiro atoms. The van der Waals surface area contributed by atoms with E-state index in [-0.39, 0.29) is 11.4 Å². The summed E-state index contributed by atoms with van der Waals surface area (Å²) in [7, 11) is -2.27. The normalized spacial score (nSPS) is 11.4. The van der Waals surface area contributed by atoms with Crippen molar-refractivity contribution in [2.24, 2.45) is 0 Å². The highest BCUT2D eigenvalue weighted by Gasteiger charge is 2.19. The Kier molecular flexibility index (Phi) is 4.87. The summed E-state index contributed by atoms with van der Waals surface area (Å²) in [6.45, 7) is 1.94. The van der Waals surface area contributed by atoms with Crippen LogP contribution < -0.4 is 9.46 Å². The fraction of sp³-hybridized carbons (Fsp3) is 0.167. The van der Waals surface area contributed by atoms with Crippen LogP contribution in [0.3, 0.4) is 0 Å². The largest absolute Gasteiger partial charge is 0.495 e. The second-order valence-corrected chi connectivity index (χ2v) is 7.27. The number of nitrogens with zero attached hydrogens (tertiary/aromatic N) is 1. The Morgan fingerprint density at radius 1 is 1.20 bits per heavy atom. The molecule has 0 aliphatic rings. The minimum Gasteiger partial charge on any atom is -0.495 e. The summed E-state index contributed by atoms with van der Waals surface area (Å²) in [6.07, 6.45) is 4.86. The minimum atomic E-state index is -3.72. The highest BCUT2D eigenvalue weighted by atomic mass is 32.2. The number of furan rings is 1. The first-order valence-corrected chi connectivity index (χ1v) is 9.10. The van der Waals surface area contributed by atoms with Crippen molar-refractivity contribution >= 4 is 10.0 Å². The van der Waals surface area contributed by atoms with Crippen LogP contribution in [0, 0.1) is 6.92 Å². The van der Waals surface area contributed by atoms with Crippen molar-refractivity contribution in [3.63, 3.8) is 0 Å². The maximum Gasteiger partial charge on any atom is 0.244 e. The average Bonchev–Trinajstić information content (AvgIpc) is 3.15. The molecule has 0 amide bonds. The number of sulfonamides is 1. The molecule has 2 heterocycles. The topological polar surface area (TPSA) is 81.4 Å². The molecule has 3 aromatic rings. The quantitative estimate of drug-likeness (QED) is 0.732. The maximum absolute atomic E-state index is 12.6. The van der Waals surface area contributed by atoms with Gasteiger partial charge in [0.1, 0.15) is 16.4 Å². The van der Waals surface area contributed by atoms with Crippen LogP contribution in [-0.4, -0.2) is 20.5 Å². The number of aromatic nitrogens is 1. The van der Waals surface area contributed by atoms with E-state index in [1.165, 1.54) is 7.11 Å². The number of pyridine rings is 1. The molecular weight excluding hydrogens is 340 g/mol. The van der Waals surface area contributed by atoms with Crippen LogP contribution in [-0.2, 0) is 16.6 Å². The Labute approximate surface area is 146 Å². The first-order valence-electron chi connectivity index (χ1n) is 7.62. The summed E-state index contributed by atoms with van der Waals surface area (Å²) in [6, 6.07) is 10.5. The summed E-state index contributed by atoms with van der Waals surface area (Å²) in [4.78, 5) is 4.26. The molecule has 0 unspecified atom stereocenters. The molecule has 0 aliphatic heterocycles. The fourth-order valence-corrected chi connectivity index (χ4v) is 3.68. The van der Waals surface area contributed by atoms with Gasteiger partial charge in [0.25, 0.3) is 0 Å². The van der Waals surface area contributed by atoms with Crippen molar-refractivity contribution in [3.05, 3.63) is 66.2 Å². The van der Waals surface area contributed by atoms with Gasteiger partial charge in [0.15, 0.2) is 0 Å². The van der Waals surface area contributed by atoms with E-state index in [0.29, 0.717) is 11.5 Å². The lowest BCUT2D eigenvalue weighted by atomic mass is 10.2. The lowest BCUT2D eigenvalue weighted by molar-refractivity contribution is 0.402. The monoisotopic (exact) mass is 358 g/mol. The third-order valence-corrected chi connectivity index (χ3v) is 5.10. The third-order valence-electron chi connectivity index (χ3n) is 3.68. The van der Waals surface area contributed by atoms with E-state index in [1.807, 2.05) is 19.1 Å². The zero-order chi connectivity index (χ0) is 17.9. The van der Waals surface area contributed by atoms with Gasteiger partial charge in [-0.1, -0.05) is 6.07 Å². The second kappa shape index (κ2) is 7.08. The standard InChI is InChI=1S/C18H18N2O4S/c1-13-5-6-17(23-2)18(8-13)25(21,22)20-11-14-9-15(12-19-10-14)16-4-3-7-24-16/h3-10,12,20H,11H2,1-2H3. The Hall–Kier alpha value is -2.64. The molecule has 0 atom stereocenters. The van der Waals surface area contributed by atoms with Gasteiger partial charge in [-0.25, -0.2) is 13.1 Å². The Morgan fingerprint density at radius 2 is 2.04 bits per heavy atom. The Balaban J connectivity index is 1.81. The molecule has 0 radical (unpaired) electrons. The molecule has 1 N–H and O–H groups in total. The van der Waals surface area contributed by atoms with Gasteiger partial charge in [0.05, 0.1) is 13.4 Å². The Bertz CT molecular complexity index is 967. The van der Waals surface area contributed by atoms with E-state index in [0.717, 1.165) is 16.7 Å². The number of rotatable bonds is 6. The van der Waals surface area contributed by atoms with Crippen LogP contribution >= 0.6 is 0 Å². The van der Waals surface area contributed by atoms with Crippen LogP contribution in [0.4, 0.5) is 0 Å². The van der Waals surface area contributed by atoms with Crippen LogP contribution in [0.2, 0.25) is 0 Å². The van der Waals surface area contributed by atoms with Crippen molar-refractivity contribution in [1.82, 2.24) is 9.71 Å². The fourth-order valence-electron chi connectivity index (χ4n) is 2.41. The molecule has 6 nitrogen and oxygen atoms in total. The van der Waals surface area contributed by atoms with Gasteiger partial charge in [-0.15, -0.1) is 0 Å². The number of ether oxygens (including phenoxy) is 1. The van der Waals surface area contributed by atoms with E-state index in [4.69, 9.17) is 9.15 Å². The molecule has 3 rings (SSSR count). The van der Waals surface area contributed by atoms with Gasteiger partial charge in [-0.05, 0) is 48.4 Å². The Morgan fingerprint density at radius 3 is 2.76 bits per heavy atom. The van der Waals surface area contributed by atoms with Crippen LogP contribution in [0.15, 0.2) is 64.4 Å².